The van der Waals surface area contributed by atoms with Crippen molar-refractivity contribution in [2.45, 2.75) is 18.8 Å². The Kier molecular flexibility index (Phi) is 3.75. The van der Waals surface area contributed by atoms with Crippen LogP contribution in [0.3, 0.4) is 0 Å². The molecule has 0 saturated carbocycles. The van der Waals surface area contributed by atoms with Gasteiger partial charge in [0.2, 0.25) is 5.13 Å². The molecule has 0 spiro atoms. The van der Waals surface area contributed by atoms with Crippen LogP contribution in [0.4, 0.5) is 5.13 Å². The SMILES string of the molecule is COCCc1nsc(NC[C@H]2Cc3ccccc32)n1. The number of ether oxygens (including phenoxy) is 1. The number of methoxy groups -OCH3 is 1. The number of anilines is 1. The molecule has 3 rings (SSSR count). The van der Waals surface area contributed by atoms with E-state index in [4.69, 9.17) is 4.74 Å². The number of nitrogens with one attached hydrogen (secondary N) is 1. The van der Waals surface area contributed by atoms with Gasteiger partial charge < -0.3 is 10.1 Å². The number of hydrogen-bond acceptors (Lipinski definition) is 5. The van der Waals surface area contributed by atoms with Crippen LogP contribution in [0.25, 0.3) is 0 Å². The Labute approximate surface area is 117 Å². The van der Waals surface area contributed by atoms with Crippen LogP contribution in [-0.2, 0) is 17.6 Å². The van der Waals surface area contributed by atoms with Crippen molar-refractivity contribution in [1.29, 1.82) is 0 Å². The van der Waals surface area contributed by atoms with Crippen molar-refractivity contribution in [3.8, 4) is 0 Å². The molecule has 0 radical (unpaired) electrons. The van der Waals surface area contributed by atoms with Crippen molar-refractivity contribution in [2.24, 2.45) is 0 Å². The Morgan fingerprint density at radius 1 is 1.42 bits per heavy atom. The van der Waals surface area contributed by atoms with Crippen molar-refractivity contribution in [1.82, 2.24) is 9.36 Å². The number of rotatable bonds is 6. The fraction of sp³-hybridized carbons (Fsp3) is 0.429. The van der Waals surface area contributed by atoms with Gasteiger partial charge in [-0.3, -0.25) is 0 Å². The maximum Gasteiger partial charge on any atom is 0.202 e. The van der Waals surface area contributed by atoms with E-state index < -0.39 is 0 Å². The minimum atomic E-state index is 0.613. The van der Waals surface area contributed by atoms with Crippen molar-refractivity contribution in [3.05, 3.63) is 41.2 Å². The molecular weight excluding hydrogens is 258 g/mol. The molecule has 1 aliphatic rings. The predicted molar refractivity (Wildman–Crippen MR) is 76.9 cm³/mol. The van der Waals surface area contributed by atoms with Crippen LogP contribution >= 0.6 is 11.5 Å². The molecule has 1 aliphatic carbocycles. The lowest BCUT2D eigenvalue weighted by atomic mass is 9.78. The van der Waals surface area contributed by atoms with E-state index in [0.717, 1.165) is 23.9 Å². The highest BCUT2D eigenvalue weighted by molar-refractivity contribution is 7.09. The monoisotopic (exact) mass is 275 g/mol. The lowest BCUT2D eigenvalue weighted by molar-refractivity contribution is 0.201. The Balaban J connectivity index is 1.52. The van der Waals surface area contributed by atoms with Gasteiger partial charge in [-0.2, -0.15) is 4.37 Å². The molecule has 19 heavy (non-hydrogen) atoms. The maximum atomic E-state index is 5.02. The molecule has 4 nitrogen and oxygen atoms in total. The van der Waals surface area contributed by atoms with Crippen molar-refractivity contribution >= 4 is 16.7 Å². The zero-order valence-electron chi connectivity index (χ0n) is 10.9. The van der Waals surface area contributed by atoms with Gasteiger partial charge in [-0.1, -0.05) is 24.3 Å². The third kappa shape index (κ3) is 2.77. The predicted octanol–water partition coefficient (Wildman–Crippen LogP) is 2.48. The molecule has 1 aromatic heterocycles. The van der Waals surface area contributed by atoms with Crippen LogP contribution in [0, 0.1) is 0 Å². The molecule has 1 heterocycles. The summed E-state index contributed by atoms with van der Waals surface area (Å²) in [5, 5.41) is 4.30. The molecule has 0 aliphatic heterocycles. The first-order valence-corrected chi connectivity index (χ1v) is 7.27. The van der Waals surface area contributed by atoms with Gasteiger partial charge >= 0.3 is 0 Å². The van der Waals surface area contributed by atoms with Gasteiger partial charge in [-0.05, 0) is 17.5 Å². The summed E-state index contributed by atoms with van der Waals surface area (Å²) in [4.78, 5) is 4.45. The molecule has 0 bridgehead atoms. The zero-order valence-corrected chi connectivity index (χ0v) is 11.7. The lowest BCUT2D eigenvalue weighted by Crippen LogP contribution is -2.24. The minimum Gasteiger partial charge on any atom is -0.384 e. The Morgan fingerprint density at radius 3 is 3.16 bits per heavy atom. The topological polar surface area (TPSA) is 47.0 Å². The summed E-state index contributed by atoms with van der Waals surface area (Å²) in [7, 11) is 1.69. The summed E-state index contributed by atoms with van der Waals surface area (Å²) < 4.78 is 9.33. The molecule has 0 saturated heterocycles. The summed E-state index contributed by atoms with van der Waals surface area (Å²) >= 11 is 1.43. The highest BCUT2D eigenvalue weighted by Gasteiger charge is 2.25. The van der Waals surface area contributed by atoms with E-state index in [2.05, 4.69) is 38.9 Å². The van der Waals surface area contributed by atoms with Crippen LogP contribution in [0.1, 0.15) is 22.9 Å². The second-order valence-corrected chi connectivity index (χ2v) is 5.49. The number of hydrogen-bond donors (Lipinski definition) is 1. The second kappa shape index (κ2) is 5.67. The van der Waals surface area contributed by atoms with Crippen LogP contribution in [0.15, 0.2) is 24.3 Å². The summed E-state index contributed by atoms with van der Waals surface area (Å²) in [6.45, 7) is 1.61. The summed E-state index contributed by atoms with van der Waals surface area (Å²) in [5.41, 5.74) is 2.95. The zero-order chi connectivity index (χ0) is 13.1. The highest BCUT2D eigenvalue weighted by atomic mass is 32.1. The van der Waals surface area contributed by atoms with Crippen LogP contribution in [0.2, 0.25) is 0 Å². The van der Waals surface area contributed by atoms with Crippen molar-refractivity contribution in [3.63, 3.8) is 0 Å². The quantitative estimate of drug-likeness (QED) is 0.880. The molecule has 2 aromatic rings. The van der Waals surface area contributed by atoms with Crippen LogP contribution in [0.5, 0.6) is 0 Å². The van der Waals surface area contributed by atoms with Crippen LogP contribution in [-0.4, -0.2) is 29.6 Å². The van der Waals surface area contributed by atoms with Gasteiger partial charge in [0.15, 0.2) is 0 Å². The Hall–Kier alpha value is -1.46. The van der Waals surface area contributed by atoms with E-state index in [1.807, 2.05) is 0 Å². The molecule has 1 aromatic carbocycles. The highest BCUT2D eigenvalue weighted by Crippen LogP contribution is 2.34. The summed E-state index contributed by atoms with van der Waals surface area (Å²) in [5.74, 6) is 1.48. The average molecular weight is 275 g/mol. The Morgan fingerprint density at radius 2 is 2.32 bits per heavy atom. The van der Waals surface area contributed by atoms with Gasteiger partial charge in [-0.15, -0.1) is 0 Å². The van der Waals surface area contributed by atoms with E-state index in [1.54, 1.807) is 7.11 Å². The lowest BCUT2D eigenvalue weighted by Gasteiger charge is -2.29. The molecule has 0 unspecified atom stereocenters. The molecule has 0 fully saturated rings. The number of fused-ring (bicyclic) bond motifs is 1. The first-order chi connectivity index (χ1) is 9.36. The van der Waals surface area contributed by atoms with E-state index in [0.29, 0.717) is 12.5 Å². The van der Waals surface area contributed by atoms with Crippen molar-refractivity contribution < 1.29 is 4.74 Å². The normalized spacial score (nSPS) is 16.8. The minimum absolute atomic E-state index is 0.613. The second-order valence-electron chi connectivity index (χ2n) is 4.74. The van der Waals surface area contributed by atoms with Gasteiger partial charge in [0, 0.05) is 37.5 Å². The summed E-state index contributed by atoms with van der Waals surface area (Å²) in [6.07, 6.45) is 1.94. The van der Waals surface area contributed by atoms with E-state index in [-0.39, 0.29) is 0 Å². The van der Waals surface area contributed by atoms with Gasteiger partial charge in [-0.25, -0.2) is 4.98 Å². The first kappa shape index (κ1) is 12.6. The molecular formula is C14H17N3OS. The first-order valence-electron chi connectivity index (χ1n) is 6.50. The Bertz CT molecular complexity index is 555. The number of benzene rings is 1. The molecule has 1 atom stereocenters. The summed E-state index contributed by atoms with van der Waals surface area (Å²) in [6, 6.07) is 8.64. The fourth-order valence-electron chi connectivity index (χ4n) is 2.38. The third-order valence-corrected chi connectivity index (χ3v) is 4.17. The van der Waals surface area contributed by atoms with Gasteiger partial charge in [0.1, 0.15) is 5.82 Å². The smallest absolute Gasteiger partial charge is 0.202 e. The fourth-order valence-corrected chi connectivity index (χ4v) is 2.99. The molecule has 5 heteroatoms. The van der Waals surface area contributed by atoms with Gasteiger partial charge in [0.25, 0.3) is 0 Å². The molecule has 0 amide bonds. The largest absolute Gasteiger partial charge is 0.384 e. The van der Waals surface area contributed by atoms with E-state index in [9.17, 15) is 0 Å². The number of aromatic nitrogens is 2. The maximum absolute atomic E-state index is 5.02. The third-order valence-electron chi connectivity index (χ3n) is 3.46. The number of nitrogens with zero attached hydrogens (tertiary/aromatic N) is 2. The standard InChI is InChI=1S/C14H17N3OS/c1-18-7-6-13-16-14(19-17-13)15-9-11-8-10-4-2-3-5-12(10)11/h2-5,11H,6-9H2,1H3,(H,15,16,17)/t11-/m1/s1. The van der Waals surface area contributed by atoms with Crippen LogP contribution < -0.4 is 5.32 Å². The molecule has 100 valence electrons. The van der Waals surface area contributed by atoms with E-state index >= 15 is 0 Å². The van der Waals surface area contributed by atoms with Crippen molar-refractivity contribution in [2.75, 3.05) is 25.6 Å². The molecule has 1 N–H and O–H groups in total. The van der Waals surface area contributed by atoms with E-state index in [1.165, 1.54) is 29.1 Å². The van der Waals surface area contributed by atoms with Gasteiger partial charge in [0.05, 0.1) is 6.61 Å². The average Bonchev–Trinajstić information content (AvgIpc) is 2.85.